The highest BCUT2D eigenvalue weighted by atomic mass is 32.2. The second-order valence-corrected chi connectivity index (χ2v) is 5.61. The van der Waals surface area contributed by atoms with Gasteiger partial charge in [0.25, 0.3) is 0 Å². The van der Waals surface area contributed by atoms with Crippen LogP contribution in [0.15, 0.2) is 4.99 Å². The molecule has 0 bridgehead atoms. The summed E-state index contributed by atoms with van der Waals surface area (Å²) in [4.78, 5) is 16.1. The average molecular weight is 243 g/mol. The van der Waals surface area contributed by atoms with E-state index in [1.54, 1.807) is 11.8 Å². The Balaban J connectivity index is 2.31. The third-order valence-electron chi connectivity index (χ3n) is 2.22. The van der Waals surface area contributed by atoms with Crippen LogP contribution in [-0.2, 0) is 4.79 Å². The molecule has 5 heteroatoms. The van der Waals surface area contributed by atoms with E-state index < -0.39 is 0 Å². The van der Waals surface area contributed by atoms with Gasteiger partial charge in [0.15, 0.2) is 5.17 Å². The van der Waals surface area contributed by atoms with Crippen molar-refractivity contribution in [3.8, 4) is 0 Å². The van der Waals surface area contributed by atoms with Gasteiger partial charge in [-0.1, -0.05) is 25.6 Å². The Morgan fingerprint density at radius 3 is 2.75 bits per heavy atom. The van der Waals surface area contributed by atoms with E-state index in [9.17, 15) is 4.79 Å². The first-order valence-electron chi connectivity index (χ1n) is 5.74. The molecule has 0 aromatic rings. The summed E-state index contributed by atoms with van der Waals surface area (Å²) in [5, 5.41) is 6.92. The minimum absolute atomic E-state index is 0.0385. The second kappa shape index (κ2) is 6.13. The van der Waals surface area contributed by atoms with Crippen LogP contribution in [0.4, 0.5) is 0 Å². The van der Waals surface area contributed by atoms with Crippen LogP contribution in [-0.4, -0.2) is 35.5 Å². The van der Waals surface area contributed by atoms with Crippen LogP contribution < -0.4 is 10.6 Å². The number of thioether (sulfide) groups is 1. The van der Waals surface area contributed by atoms with Crippen molar-refractivity contribution in [2.24, 2.45) is 10.9 Å². The fraction of sp³-hybridized carbons (Fsp3) is 0.818. The molecule has 2 N–H and O–H groups in total. The van der Waals surface area contributed by atoms with Crippen molar-refractivity contribution in [1.29, 1.82) is 0 Å². The van der Waals surface area contributed by atoms with E-state index in [1.165, 1.54) is 0 Å². The second-order valence-electron chi connectivity index (χ2n) is 4.60. The van der Waals surface area contributed by atoms with Crippen molar-refractivity contribution in [3.05, 3.63) is 0 Å². The van der Waals surface area contributed by atoms with Gasteiger partial charge in [0.05, 0.1) is 6.04 Å². The molecule has 0 aliphatic carbocycles. The first kappa shape index (κ1) is 13.4. The maximum atomic E-state index is 11.7. The van der Waals surface area contributed by atoms with Crippen molar-refractivity contribution < 1.29 is 4.79 Å². The zero-order valence-corrected chi connectivity index (χ0v) is 11.2. The van der Waals surface area contributed by atoms with Crippen LogP contribution in [0.25, 0.3) is 0 Å². The van der Waals surface area contributed by atoms with E-state index in [4.69, 9.17) is 0 Å². The van der Waals surface area contributed by atoms with Gasteiger partial charge in [-0.05, 0) is 19.8 Å². The van der Waals surface area contributed by atoms with Gasteiger partial charge in [-0.2, -0.15) is 0 Å². The molecule has 0 spiro atoms. The minimum Gasteiger partial charge on any atom is -0.354 e. The van der Waals surface area contributed by atoms with Gasteiger partial charge in [0.2, 0.25) is 5.91 Å². The van der Waals surface area contributed by atoms with Crippen LogP contribution in [0.2, 0.25) is 0 Å². The number of amidine groups is 1. The molecular weight excluding hydrogens is 222 g/mol. The predicted molar refractivity (Wildman–Crippen MR) is 69.8 cm³/mol. The molecule has 92 valence electrons. The maximum Gasteiger partial charge on any atom is 0.242 e. The summed E-state index contributed by atoms with van der Waals surface area (Å²) < 4.78 is 0. The predicted octanol–water partition coefficient (Wildman–Crippen LogP) is 1.23. The lowest BCUT2D eigenvalue weighted by Gasteiger charge is -2.15. The topological polar surface area (TPSA) is 53.5 Å². The minimum atomic E-state index is -0.213. The van der Waals surface area contributed by atoms with Gasteiger partial charge < -0.3 is 10.6 Å². The molecule has 1 aliphatic heterocycles. The molecule has 0 aromatic heterocycles. The van der Waals surface area contributed by atoms with Crippen LogP contribution in [0.5, 0.6) is 0 Å². The molecule has 1 aliphatic rings. The number of nitrogens with one attached hydrogen (secondary N) is 2. The summed E-state index contributed by atoms with van der Waals surface area (Å²) in [5.41, 5.74) is 0. The Morgan fingerprint density at radius 1 is 1.56 bits per heavy atom. The van der Waals surface area contributed by atoms with Crippen molar-refractivity contribution in [2.45, 2.75) is 39.8 Å². The maximum absolute atomic E-state index is 11.7. The Labute approximate surface area is 102 Å². The zero-order chi connectivity index (χ0) is 12.1. The van der Waals surface area contributed by atoms with E-state index in [1.807, 2.05) is 6.92 Å². The SMILES string of the molecule is CC(C)CNC(=O)C(C)NC1=NC(C)CS1. The molecule has 16 heavy (non-hydrogen) atoms. The number of hydrogen-bond donors (Lipinski definition) is 2. The van der Waals surface area contributed by atoms with Crippen LogP contribution >= 0.6 is 11.8 Å². The number of carbonyl (C=O) groups is 1. The summed E-state index contributed by atoms with van der Waals surface area (Å²) in [7, 11) is 0. The highest BCUT2D eigenvalue weighted by Gasteiger charge is 2.19. The van der Waals surface area contributed by atoms with Gasteiger partial charge in [0, 0.05) is 12.3 Å². The summed E-state index contributed by atoms with van der Waals surface area (Å²) >= 11 is 1.68. The van der Waals surface area contributed by atoms with E-state index in [-0.39, 0.29) is 11.9 Å². The summed E-state index contributed by atoms with van der Waals surface area (Å²) in [5.74, 6) is 1.52. The third kappa shape index (κ3) is 4.43. The Morgan fingerprint density at radius 2 is 2.25 bits per heavy atom. The number of carbonyl (C=O) groups excluding carboxylic acids is 1. The van der Waals surface area contributed by atoms with E-state index in [0.29, 0.717) is 12.0 Å². The molecule has 0 aromatic carbocycles. The number of hydrogen-bond acceptors (Lipinski definition) is 4. The quantitative estimate of drug-likeness (QED) is 0.781. The van der Waals surface area contributed by atoms with Gasteiger partial charge in [0.1, 0.15) is 6.04 Å². The number of nitrogens with zero attached hydrogens (tertiary/aromatic N) is 1. The van der Waals surface area contributed by atoms with Crippen LogP contribution in [0, 0.1) is 5.92 Å². The third-order valence-corrected chi connectivity index (χ3v) is 3.36. The fourth-order valence-electron chi connectivity index (χ4n) is 1.26. The molecule has 0 saturated carbocycles. The standard InChI is InChI=1S/C11H21N3OS/c1-7(2)5-12-10(15)9(4)14-11-13-8(3)6-16-11/h7-9H,5-6H2,1-4H3,(H,12,15)(H,13,14). The highest BCUT2D eigenvalue weighted by Crippen LogP contribution is 2.15. The Kier molecular flexibility index (Phi) is 5.12. The number of rotatable bonds is 4. The average Bonchev–Trinajstić information content (AvgIpc) is 2.60. The monoisotopic (exact) mass is 243 g/mol. The lowest BCUT2D eigenvalue weighted by Crippen LogP contribution is -2.44. The Hall–Kier alpha value is -0.710. The molecule has 1 amide bonds. The van der Waals surface area contributed by atoms with Crippen molar-refractivity contribution in [3.63, 3.8) is 0 Å². The van der Waals surface area contributed by atoms with Gasteiger partial charge >= 0.3 is 0 Å². The van der Waals surface area contributed by atoms with E-state index in [0.717, 1.165) is 17.5 Å². The smallest absolute Gasteiger partial charge is 0.242 e. The van der Waals surface area contributed by atoms with E-state index >= 15 is 0 Å². The largest absolute Gasteiger partial charge is 0.354 e. The van der Waals surface area contributed by atoms with Crippen molar-refractivity contribution in [2.75, 3.05) is 12.3 Å². The van der Waals surface area contributed by atoms with Crippen molar-refractivity contribution in [1.82, 2.24) is 10.6 Å². The summed E-state index contributed by atoms with van der Waals surface area (Å²) in [6.45, 7) is 8.82. The van der Waals surface area contributed by atoms with Gasteiger partial charge in [-0.3, -0.25) is 9.79 Å². The molecule has 0 fully saturated rings. The first-order valence-corrected chi connectivity index (χ1v) is 6.72. The van der Waals surface area contributed by atoms with Crippen molar-refractivity contribution >= 4 is 22.8 Å². The molecule has 1 heterocycles. The van der Waals surface area contributed by atoms with Crippen LogP contribution in [0.1, 0.15) is 27.7 Å². The lowest BCUT2D eigenvalue weighted by atomic mass is 10.2. The molecule has 2 atom stereocenters. The van der Waals surface area contributed by atoms with Gasteiger partial charge in [-0.15, -0.1) is 0 Å². The summed E-state index contributed by atoms with van der Waals surface area (Å²) in [6, 6.07) is 0.147. The first-order chi connectivity index (χ1) is 7.49. The molecule has 1 rings (SSSR count). The molecular formula is C11H21N3OS. The zero-order valence-electron chi connectivity index (χ0n) is 10.4. The Bertz CT molecular complexity index is 278. The molecule has 0 saturated heterocycles. The number of amides is 1. The molecule has 2 unspecified atom stereocenters. The normalized spacial score (nSPS) is 21.8. The summed E-state index contributed by atoms with van der Waals surface area (Å²) in [6.07, 6.45) is 0. The van der Waals surface area contributed by atoms with Gasteiger partial charge in [-0.25, -0.2) is 0 Å². The number of aliphatic imine (C=N–C) groups is 1. The van der Waals surface area contributed by atoms with Crippen LogP contribution in [0.3, 0.4) is 0 Å². The highest BCUT2D eigenvalue weighted by molar-refractivity contribution is 8.14. The lowest BCUT2D eigenvalue weighted by molar-refractivity contribution is -0.122. The fourth-order valence-corrected chi connectivity index (χ4v) is 2.25. The molecule has 0 radical (unpaired) electrons. The molecule has 4 nitrogen and oxygen atoms in total. The van der Waals surface area contributed by atoms with E-state index in [2.05, 4.69) is 36.4 Å².